The van der Waals surface area contributed by atoms with Crippen LogP contribution >= 0.6 is 0 Å². The molecule has 2 aromatic rings. The minimum Gasteiger partial charge on any atom is -0.394 e. The summed E-state index contributed by atoms with van der Waals surface area (Å²) in [5.41, 5.74) is 11.3. The molecular weight excluding hydrogens is 404 g/mol. The van der Waals surface area contributed by atoms with E-state index in [4.69, 9.17) is 5.73 Å². The molecule has 8 heteroatoms. The van der Waals surface area contributed by atoms with Gasteiger partial charge in [-0.2, -0.15) is 0 Å². The Hall–Kier alpha value is -3.52. The van der Waals surface area contributed by atoms with Crippen molar-refractivity contribution in [3.63, 3.8) is 0 Å². The first kappa shape index (κ1) is 21.7. The Bertz CT molecular complexity index is 1100. The van der Waals surface area contributed by atoms with Gasteiger partial charge in [-0.1, -0.05) is 34.9 Å². The summed E-state index contributed by atoms with van der Waals surface area (Å²) in [6.07, 6.45) is 3.62. The maximum absolute atomic E-state index is 11.8. The van der Waals surface area contributed by atoms with Crippen molar-refractivity contribution < 1.29 is 14.6 Å². The number of anilines is 2. The smallest absolute Gasteiger partial charge is 0.321 e. The summed E-state index contributed by atoms with van der Waals surface area (Å²) in [4.78, 5) is 18.7. The number of aliphatic hydroxyl groups is 1. The van der Waals surface area contributed by atoms with Crippen LogP contribution in [0.1, 0.15) is 30.9 Å². The van der Waals surface area contributed by atoms with Crippen molar-refractivity contribution in [1.29, 1.82) is 0 Å². The zero-order valence-corrected chi connectivity index (χ0v) is 18.5. The fourth-order valence-corrected chi connectivity index (χ4v) is 4.05. The fraction of sp³-hybridized carbons (Fsp3) is 0.333. The van der Waals surface area contributed by atoms with Gasteiger partial charge in [0.05, 0.1) is 24.0 Å². The second kappa shape index (κ2) is 9.32. The number of amidine groups is 1. The largest absolute Gasteiger partial charge is 0.394 e. The maximum Gasteiger partial charge on any atom is 0.321 e. The van der Waals surface area contributed by atoms with Crippen molar-refractivity contribution in [2.75, 3.05) is 23.4 Å². The highest BCUT2D eigenvalue weighted by molar-refractivity contribution is 6.62. The summed E-state index contributed by atoms with van der Waals surface area (Å²) in [7, 11) is 0. The van der Waals surface area contributed by atoms with Crippen LogP contribution < -0.4 is 16.0 Å². The van der Waals surface area contributed by atoms with Crippen LogP contribution in [0.25, 0.3) is 0 Å². The number of amides is 1. The molecule has 0 saturated carbocycles. The van der Waals surface area contributed by atoms with Gasteiger partial charge >= 0.3 is 5.84 Å². The Labute approximate surface area is 187 Å². The van der Waals surface area contributed by atoms with E-state index in [1.807, 2.05) is 18.2 Å². The molecular formula is C24H29N6O2+. The maximum atomic E-state index is 11.8. The summed E-state index contributed by atoms with van der Waals surface area (Å²) in [5.74, 6) is 0.282. The van der Waals surface area contributed by atoms with Crippen LogP contribution in [0.3, 0.4) is 0 Å². The Morgan fingerprint density at radius 3 is 2.81 bits per heavy atom. The average molecular weight is 434 g/mol. The van der Waals surface area contributed by atoms with Crippen molar-refractivity contribution in [2.45, 2.75) is 39.3 Å². The fourth-order valence-electron chi connectivity index (χ4n) is 4.05. The topological polar surface area (TPSA) is 106 Å². The first-order valence-corrected chi connectivity index (χ1v) is 10.8. The van der Waals surface area contributed by atoms with Gasteiger partial charge in [-0.15, -0.1) is 4.68 Å². The number of carbonyl (C=O) groups is 1. The van der Waals surface area contributed by atoms with Gasteiger partial charge in [-0.3, -0.25) is 10.5 Å². The number of hydrazone groups is 1. The lowest BCUT2D eigenvalue weighted by Crippen LogP contribution is -2.32. The first-order valence-electron chi connectivity index (χ1n) is 10.8. The number of aryl methyl sites for hydroxylation is 1. The summed E-state index contributed by atoms with van der Waals surface area (Å²) < 4.78 is 1.71. The lowest BCUT2D eigenvalue weighted by molar-refractivity contribution is -0.546. The van der Waals surface area contributed by atoms with E-state index in [1.54, 1.807) is 10.9 Å². The van der Waals surface area contributed by atoms with E-state index in [1.165, 1.54) is 12.5 Å². The highest BCUT2D eigenvalue weighted by Crippen LogP contribution is 2.33. The van der Waals surface area contributed by atoms with Crippen LogP contribution in [-0.4, -0.2) is 52.7 Å². The van der Waals surface area contributed by atoms with Crippen molar-refractivity contribution in [3.05, 3.63) is 53.6 Å². The molecule has 1 amide bonds. The van der Waals surface area contributed by atoms with E-state index >= 15 is 0 Å². The van der Waals surface area contributed by atoms with E-state index in [2.05, 4.69) is 51.5 Å². The van der Waals surface area contributed by atoms with Gasteiger partial charge in [0.25, 0.3) is 0 Å². The molecule has 32 heavy (non-hydrogen) atoms. The Morgan fingerprint density at radius 2 is 2.09 bits per heavy atom. The van der Waals surface area contributed by atoms with Crippen molar-refractivity contribution in [2.24, 2.45) is 15.8 Å². The van der Waals surface area contributed by atoms with Gasteiger partial charge < -0.3 is 15.3 Å². The molecule has 166 valence electrons. The molecule has 2 aliphatic heterocycles. The lowest BCUT2D eigenvalue weighted by Gasteiger charge is -2.26. The lowest BCUT2D eigenvalue weighted by atomic mass is 10.1. The van der Waals surface area contributed by atoms with Gasteiger partial charge in [0.15, 0.2) is 5.71 Å². The molecule has 1 fully saturated rings. The number of hydrogen-bond donors (Lipinski definition) is 3. The molecule has 4 rings (SSSR count). The zero-order chi connectivity index (χ0) is 22.7. The van der Waals surface area contributed by atoms with Gasteiger partial charge in [-0.05, 0) is 43.5 Å². The predicted octanol–water partition coefficient (Wildman–Crippen LogP) is 2.56. The molecule has 2 heterocycles. The van der Waals surface area contributed by atoms with Crippen molar-refractivity contribution >= 4 is 40.7 Å². The van der Waals surface area contributed by atoms with Gasteiger partial charge in [0.2, 0.25) is 5.91 Å². The molecule has 0 aliphatic carbocycles. The molecule has 4 N–H and O–H groups in total. The first-order chi connectivity index (χ1) is 15.4. The van der Waals surface area contributed by atoms with Crippen LogP contribution in [-0.2, 0) is 11.3 Å². The van der Waals surface area contributed by atoms with Crippen molar-refractivity contribution in [1.82, 2.24) is 0 Å². The third kappa shape index (κ3) is 4.70. The molecule has 2 aromatic carbocycles. The third-order valence-corrected chi connectivity index (χ3v) is 5.76. The normalized spacial score (nSPS) is 19.3. The van der Waals surface area contributed by atoms with Crippen LogP contribution in [0.2, 0.25) is 0 Å². The second-order valence-corrected chi connectivity index (χ2v) is 8.22. The van der Waals surface area contributed by atoms with Gasteiger partial charge in [0.1, 0.15) is 12.8 Å². The number of aliphatic imine (C=N–C) groups is 1. The van der Waals surface area contributed by atoms with E-state index < -0.39 is 0 Å². The molecule has 2 aliphatic rings. The van der Waals surface area contributed by atoms with E-state index in [0.29, 0.717) is 29.5 Å². The monoisotopic (exact) mass is 433 g/mol. The summed E-state index contributed by atoms with van der Waals surface area (Å²) >= 11 is 0. The Kier molecular flexibility index (Phi) is 6.32. The number of nitrogens with two attached hydrogens (primary N) is 1. The van der Waals surface area contributed by atoms with Crippen LogP contribution in [0.15, 0.2) is 52.6 Å². The summed E-state index contributed by atoms with van der Waals surface area (Å²) in [5, 5.41) is 16.9. The minimum absolute atomic E-state index is 0.0959. The molecule has 0 bridgehead atoms. The number of nitrogens with one attached hydrogen (secondary N) is 1. The summed E-state index contributed by atoms with van der Waals surface area (Å²) in [6, 6.07) is 14.1. The minimum atomic E-state index is -0.179. The van der Waals surface area contributed by atoms with E-state index in [9.17, 15) is 9.90 Å². The average Bonchev–Trinajstić information content (AvgIpc) is 3.38. The molecule has 0 radical (unpaired) electrons. The number of rotatable bonds is 6. The third-order valence-electron chi connectivity index (χ3n) is 5.76. The van der Waals surface area contributed by atoms with E-state index in [-0.39, 0.29) is 18.6 Å². The Morgan fingerprint density at radius 1 is 1.31 bits per heavy atom. The zero-order valence-electron chi connectivity index (χ0n) is 18.5. The van der Waals surface area contributed by atoms with E-state index in [0.717, 1.165) is 30.6 Å². The molecule has 8 nitrogen and oxygen atoms in total. The molecule has 1 atom stereocenters. The number of hydrogen-bond acceptors (Lipinski definition) is 6. The standard InChI is InChI=1S/C24H28N6O2/c1-16-5-7-18(8-6-16)14-30-24(25)23(13-26-30)28-21-10-9-19(12-22(21)27-17(2)32)29-11-3-4-20(29)15-31/h5-10,12-13,20,31H,3-4,11,14-15H2,1-2H3,(H2,25,26,27,32)/p+1. The number of carbonyl (C=O) groups excluding carboxylic acids is 1. The van der Waals surface area contributed by atoms with Crippen LogP contribution in [0.4, 0.5) is 17.1 Å². The number of nitrogens with zero attached hydrogens (tertiary/aromatic N) is 4. The van der Waals surface area contributed by atoms with Crippen LogP contribution in [0.5, 0.6) is 0 Å². The highest BCUT2D eigenvalue weighted by atomic mass is 16.3. The van der Waals surface area contributed by atoms with Gasteiger partial charge in [0, 0.05) is 19.2 Å². The number of aliphatic hydroxyl groups excluding tert-OH is 1. The second-order valence-electron chi connectivity index (χ2n) is 8.22. The van der Waals surface area contributed by atoms with Gasteiger partial charge in [-0.25, -0.2) is 4.99 Å². The number of benzene rings is 2. The highest BCUT2D eigenvalue weighted by Gasteiger charge is 2.25. The predicted molar refractivity (Wildman–Crippen MR) is 128 cm³/mol. The molecule has 1 saturated heterocycles. The SMILES string of the molecule is CC(=O)Nc1cc(N2CCCC2CO)ccc1N=C1C=N[N+](Cc2ccc(C)cc2)=C1N. The quantitative estimate of drug-likeness (QED) is 0.609. The molecule has 1 unspecified atom stereocenters. The van der Waals surface area contributed by atoms with Crippen molar-refractivity contribution in [3.8, 4) is 0 Å². The Balaban J connectivity index is 1.62. The molecule has 0 spiro atoms. The summed E-state index contributed by atoms with van der Waals surface area (Å²) in [6.45, 7) is 5.06. The molecule has 0 aromatic heterocycles. The van der Waals surface area contributed by atoms with Crippen LogP contribution in [0, 0.1) is 6.92 Å².